The van der Waals surface area contributed by atoms with Crippen molar-refractivity contribution in [1.82, 2.24) is 5.32 Å². The molecule has 2 aromatic rings. The molecule has 3 nitrogen and oxygen atoms in total. The lowest BCUT2D eigenvalue weighted by Crippen LogP contribution is -2.31. The number of benzene rings is 1. The molecule has 0 aliphatic rings. The number of aliphatic hydroxyl groups is 1. The monoisotopic (exact) mass is 337 g/mol. The SMILES string of the molecule is CC(C(=O)NCC(CCO)c1ccccc1)c1ccc(Cl)s1. The number of thiophene rings is 1. The van der Waals surface area contributed by atoms with Gasteiger partial charge in [0.15, 0.2) is 0 Å². The van der Waals surface area contributed by atoms with Crippen LogP contribution < -0.4 is 5.32 Å². The van der Waals surface area contributed by atoms with Crippen molar-refractivity contribution in [2.75, 3.05) is 13.2 Å². The number of nitrogens with one attached hydrogen (secondary N) is 1. The van der Waals surface area contributed by atoms with Crippen molar-refractivity contribution < 1.29 is 9.90 Å². The van der Waals surface area contributed by atoms with E-state index in [-0.39, 0.29) is 24.3 Å². The van der Waals surface area contributed by atoms with Gasteiger partial charge in [0, 0.05) is 23.9 Å². The highest BCUT2D eigenvalue weighted by molar-refractivity contribution is 7.16. The lowest BCUT2D eigenvalue weighted by atomic mass is 9.95. The molecule has 0 saturated heterocycles. The number of carbonyl (C=O) groups excluding carboxylic acids is 1. The number of hydrogen-bond acceptors (Lipinski definition) is 3. The van der Waals surface area contributed by atoms with Gasteiger partial charge in [-0.2, -0.15) is 0 Å². The molecule has 1 amide bonds. The van der Waals surface area contributed by atoms with Crippen molar-refractivity contribution >= 4 is 28.8 Å². The zero-order valence-electron chi connectivity index (χ0n) is 12.5. The molecule has 0 saturated carbocycles. The normalized spacial score (nSPS) is 13.6. The number of rotatable bonds is 7. The first kappa shape index (κ1) is 17.0. The molecule has 0 bridgehead atoms. The second kappa shape index (κ2) is 8.32. The molecule has 1 aromatic carbocycles. The van der Waals surface area contributed by atoms with Gasteiger partial charge in [0.2, 0.25) is 5.91 Å². The summed E-state index contributed by atoms with van der Waals surface area (Å²) in [6.45, 7) is 2.50. The molecule has 2 unspecified atom stereocenters. The first-order valence-corrected chi connectivity index (χ1v) is 8.50. The summed E-state index contributed by atoms with van der Waals surface area (Å²) in [7, 11) is 0. The summed E-state index contributed by atoms with van der Waals surface area (Å²) in [4.78, 5) is 13.2. The predicted octanol–water partition coefficient (Wildman–Crippen LogP) is 3.79. The van der Waals surface area contributed by atoms with E-state index in [4.69, 9.17) is 11.6 Å². The topological polar surface area (TPSA) is 49.3 Å². The minimum absolute atomic E-state index is 0.0163. The first-order valence-electron chi connectivity index (χ1n) is 7.30. The average molecular weight is 338 g/mol. The average Bonchev–Trinajstić information content (AvgIpc) is 2.97. The molecule has 2 N–H and O–H groups in total. The maximum atomic E-state index is 12.3. The Bertz CT molecular complexity index is 600. The summed E-state index contributed by atoms with van der Waals surface area (Å²) in [5.41, 5.74) is 1.13. The van der Waals surface area contributed by atoms with E-state index in [1.165, 1.54) is 11.3 Å². The maximum Gasteiger partial charge on any atom is 0.228 e. The van der Waals surface area contributed by atoms with E-state index in [0.717, 1.165) is 10.4 Å². The van der Waals surface area contributed by atoms with Crippen LogP contribution in [0.2, 0.25) is 4.34 Å². The molecule has 0 aliphatic carbocycles. The molecule has 5 heteroatoms. The quantitative estimate of drug-likeness (QED) is 0.807. The van der Waals surface area contributed by atoms with Gasteiger partial charge in [-0.1, -0.05) is 41.9 Å². The van der Waals surface area contributed by atoms with Crippen molar-refractivity contribution in [3.8, 4) is 0 Å². The molecular weight excluding hydrogens is 318 g/mol. The summed E-state index contributed by atoms with van der Waals surface area (Å²) in [6.07, 6.45) is 0.628. The molecule has 2 rings (SSSR count). The van der Waals surface area contributed by atoms with Gasteiger partial charge in [0.05, 0.1) is 10.3 Å². The lowest BCUT2D eigenvalue weighted by molar-refractivity contribution is -0.122. The first-order chi connectivity index (χ1) is 10.6. The molecule has 118 valence electrons. The zero-order valence-corrected chi connectivity index (χ0v) is 14.0. The lowest BCUT2D eigenvalue weighted by Gasteiger charge is -2.18. The molecule has 0 radical (unpaired) electrons. The zero-order chi connectivity index (χ0) is 15.9. The van der Waals surface area contributed by atoms with E-state index in [9.17, 15) is 9.90 Å². The summed E-state index contributed by atoms with van der Waals surface area (Å²) in [5, 5.41) is 12.2. The molecular formula is C17H20ClNO2S. The third-order valence-electron chi connectivity index (χ3n) is 3.69. The van der Waals surface area contributed by atoms with Gasteiger partial charge in [-0.25, -0.2) is 0 Å². The van der Waals surface area contributed by atoms with E-state index < -0.39 is 0 Å². The summed E-state index contributed by atoms with van der Waals surface area (Å²) < 4.78 is 0.692. The fourth-order valence-corrected chi connectivity index (χ4v) is 3.45. The number of aliphatic hydroxyl groups excluding tert-OH is 1. The van der Waals surface area contributed by atoms with Gasteiger partial charge >= 0.3 is 0 Å². The van der Waals surface area contributed by atoms with Crippen LogP contribution in [-0.4, -0.2) is 24.2 Å². The molecule has 2 atom stereocenters. The summed E-state index contributed by atoms with van der Waals surface area (Å²) in [5.74, 6) is -0.116. The van der Waals surface area contributed by atoms with Crippen LogP contribution in [0.5, 0.6) is 0 Å². The van der Waals surface area contributed by atoms with E-state index in [1.807, 2.05) is 49.4 Å². The molecule has 0 spiro atoms. The third-order valence-corrected chi connectivity index (χ3v) is 5.10. The Morgan fingerprint density at radius 3 is 2.59 bits per heavy atom. The van der Waals surface area contributed by atoms with Crippen molar-refractivity contribution in [1.29, 1.82) is 0 Å². The van der Waals surface area contributed by atoms with E-state index >= 15 is 0 Å². The van der Waals surface area contributed by atoms with Gasteiger partial charge < -0.3 is 10.4 Å². The van der Waals surface area contributed by atoms with Crippen molar-refractivity contribution in [2.45, 2.75) is 25.2 Å². The molecule has 1 heterocycles. The van der Waals surface area contributed by atoms with E-state index in [0.29, 0.717) is 17.3 Å². The van der Waals surface area contributed by atoms with Crippen LogP contribution in [0.4, 0.5) is 0 Å². The highest BCUT2D eigenvalue weighted by atomic mass is 35.5. The Balaban J connectivity index is 1.95. The van der Waals surface area contributed by atoms with Crippen LogP contribution in [0.25, 0.3) is 0 Å². The standard InChI is InChI=1S/C17H20ClNO2S/c1-12(15-7-8-16(18)22-15)17(21)19-11-14(9-10-20)13-5-3-2-4-6-13/h2-8,12,14,20H,9-11H2,1H3,(H,19,21). The van der Waals surface area contributed by atoms with Crippen molar-refractivity contribution in [3.63, 3.8) is 0 Å². The minimum Gasteiger partial charge on any atom is -0.396 e. The van der Waals surface area contributed by atoms with Crippen LogP contribution in [0.3, 0.4) is 0 Å². The minimum atomic E-state index is -0.219. The fourth-order valence-electron chi connectivity index (χ4n) is 2.33. The van der Waals surface area contributed by atoms with Crippen LogP contribution in [0, 0.1) is 0 Å². The van der Waals surface area contributed by atoms with Gasteiger partial charge in [0.1, 0.15) is 0 Å². The van der Waals surface area contributed by atoms with Crippen LogP contribution in [-0.2, 0) is 4.79 Å². The Kier molecular flexibility index (Phi) is 6.43. The maximum absolute atomic E-state index is 12.3. The third kappa shape index (κ3) is 4.57. The Labute approximate surface area is 139 Å². The fraction of sp³-hybridized carbons (Fsp3) is 0.353. The molecule has 0 fully saturated rings. The number of amides is 1. The van der Waals surface area contributed by atoms with E-state index in [2.05, 4.69) is 5.32 Å². The summed E-state index contributed by atoms with van der Waals surface area (Å²) >= 11 is 7.35. The van der Waals surface area contributed by atoms with Gasteiger partial charge in [-0.15, -0.1) is 11.3 Å². The highest BCUT2D eigenvalue weighted by Crippen LogP contribution is 2.28. The molecule has 0 aliphatic heterocycles. The Morgan fingerprint density at radius 1 is 1.27 bits per heavy atom. The second-order valence-electron chi connectivity index (χ2n) is 5.23. The molecule has 1 aromatic heterocycles. The number of carbonyl (C=O) groups is 1. The van der Waals surface area contributed by atoms with Crippen LogP contribution in [0.15, 0.2) is 42.5 Å². The van der Waals surface area contributed by atoms with Crippen molar-refractivity contribution in [3.05, 3.63) is 57.2 Å². The summed E-state index contributed by atoms with van der Waals surface area (Å²) in [6, 6.07) is 13.6. The number of halogens is 1. The van der Waals surface area contributed by atoms with Gasteiger partial charge in [0.25, 0.3) is 0 Å². The Morgan fingerprint density at radius 2 is 2.00 bits per heavy atom. The van der Waals surface area contributed by atoms with Gasteiger partial charge in [-0.05, 0) is 31.0 Å². The van der Waals surface area contributed by atoms with Crippen molar-refractivity contribution in [2.24, 2.45) is 0 Å². The smallest absolute Gasteiger partial charge is 0.228 e. The predicted molar refractivity (Wildman–Crippen MR) is 91.6 cm³/mol. The molecule has 22 heavy (non-hydrogen) atoms. The number of hydrogen-bond donors (Lipinski definition) is 2. The van der Waals surface area contributed by atoms with E-state index in [1.54, 1.807) is 0 Å². The highest BCUT2D eigenvalue weighted by Gasteiger charge is 2.19. The van der Waals surface area contributed by atoms with Crippen LogP contribution in [0.1, 0.15) is 35.6 Å². The second-order valence-corrected chi connectivity index (χ2v) is 6.98. The van der Waals surface area contributed by atoms with Crippen LogP contribution >= 0.6 is 22.9 Å². The largest absolute Gasteiger partial charge is 0.396 e. The Hall–Kier alpha value is -1.36. The van der Waals surface area contributed by atoms with Gasteiger partial charge in [-0.3, -0.25) is 4.79 Å².